The van der Waals surface area contributed by atoms with Gasteiger partial charge in [0.15, 0.2) is 6.10 Å². The number of para-hydroxylation sites is 2. The Morgan fingerprint density at radius 2 is 2.05 bits per heavy atom. The van der Waals surface area contributed by atoms with Crippen LogP contribution in [0, 0.1) is 0 Å². The number of hydrogen-bond donors (Lipinski definition) is 1. The fourth-order valence-corrected chi connectivity index (χ4v) is 2.60. The number of carbonyl (C=O) groups is 1. The Balaban J connectivity index is 1.89. The van der Waals surface area contributed by atoms with Crippen molar-refractivity contribution in [3.05, 3.63) is 54.1 Å². The highest BCUT2D eigenvalue weighted by molar-refractivity contribution is 6.00. The highest BCUT2D eigenvalue weighted by atomic mass is 16.5. The van der Waals surface area contributed by atoms with E-state index < -0.39 is 6.10 Å². The molecule has 1 atom stereocenters. The molecule has 0 radical (unpaired) electrons. The number of fused-ring (bicyclic) bond motifs is 1. The van der Waals surface area contributed by atoms with Gasteiger partial charge in [0.2, 0.25) is 0 Å². The molecule has 1 unspecified atom stereocenters. The number of amides is 1. The molecule has 1 aliphatic heterocycles. The van der Waals surface area contributed by atoms with Gasteiger partial charge in [-0.3, -0.25) is 9.69 Å². The molecule has 0 saturated heterocycles. The third kappa shape index (κ3) is 2.76. The summed E-state index contributed by atoms with van der Waals surface area (Å²) in [5.41, 5.74) is 8.17. The molecule has 0 saturated carbocycles. The van der Waals surface area contributed by atoms with Crippen molar-refractivity contribution in [1.82, 2.24) is 0 Å². The number of benzene rings is 2. The van der Waals surface area contributed by atoms with Gasteiger partial charge in [-0.2, -0.15) is 0 Å². The highest BCUT2D eigenvalue weighted by Gasteiger charge is 2.34. The number of hydrogen-bond acceptors (Lipinski definition) is 4. The molecule has 5 heteroatoms. The van der Waals surface area contributed by atoms with E-state index in [0.717, 1.165) is 11.3 Å². The average Bonchev–Trinajstić information content (AvgIpc) is 2.51. The largest absolute Gasteiger partial charge is 0.478 e. The Morgan fingerprint density at radius 1 is 1.23 bits per heavy atom. The fourth-order valence-electron chi connectivity index (χ4n) is 2.60. The van der Waals surface area contributed by atoms with Gasteiger partial charge in [0, 0.05) is 19.2 Å². The molecule has 114 valence electrons. The number of ether oxygens (including phenoxy) is 2. The van der Waals surface area contributed by atoms with Gasteiger partial charge in [-0.1, -0.05) is 24.3 Å². The standard InChI is InChI=1S/C17H18N2O3/c1-21-11-19-14-7-2-3-8-15(14)22-16(17(19)20)10-12-5-4-6-13(18)9-12/h2-9,16H,10-11,18H2,1H3. The lowest BCUT2D eigenvalue weighted by Crippen LogP contribution is -2.47. The Morgan fingerprint density at radius 3 is 2.82 bits per heavy atom. The highest BCUT2D eigenvalue weighted by Crippen LogP contribution is 2.34. The Labute approximate surface area is 129 Å². The molecule has 5 nitrogen and oxygen atoms in total. The molecule has 1 heterocycles. The summed E-state index contributed by atoms with van der Waals surface area (Å²) in [6.45, 7) is 0.201. The van der Waals surface area contributed by atoms with E-state index in [4.69, 9.17) is 15.2 Å². The molecule has 3 rings (SSSR count). The number of carbonyl (C=O) groups excluding carboxylic acids is 1. The predicted octanol–water partition coefficient (Wildman–Crippen LogP) is 2.21. The molecular weight excluding hydrogens is 280 g/mol. The molecule has 2 aromatic rings. The second-order valence-electron chi connectivity index (χ2n) is 5.21. The summed E-state index contributed by atoms with van der Waals surface area (Å²) in [4.78, 5) is 14.3. The van der Waals surface area contributed by atoms with Crippen LogP contribution in [0.15, 0.2) is 48.5 Å². The first-order chi connectivity index (χ1) is 10.7. The van der Waals surface area contributed by atoms with E-state index in [2.05, 4.69) is 0 Å². The van der Waals surface area contributed by atoms with Crippen molar-refractivity contribution in [1.29, 1.82) is 0 Å². The number of rotatable bonds is 4. The second-order valence-corrected chi connectivity index (χ2v) is 5.21. The number of anilines is 2. The molecule has 0 spiro atoms. The van der Waals surface area contributed by atoms with E-state index in [1.807, 2.05) is 48.5 Å². The first-order valence-corrected chi connectivity index (χ1v) is 7.09. The van der Waals surface area contributed by atoms with Crippen LogP contribution < -0.4 is 15.4 Å². The minimum atomic E-state index is -0.577. The first kappa shape index (κ1) is 14.4. The van der Waals surface area contributed by atoms with Crippen LogP contribution in [-0.2, 0) is 16.0 Å². The van der Waals surface area contributed by atoms with E-state index in [9.17, 15) is 4.79 Å². The van der Waals surface area contributed by atoms with Crippen LogP contribution in [-0.4, -0.2) is 25.9 Å². The SMILES string of the molecule is COCN1C(=O)C(Cc2cccc(N)c2)Oc2ccccc21. The summed E-state index contributed by atoms with van der Waals surface area (Å²) >= 11 is 0. The van der Waals surface area contributed by atoms with Gasteiger partial charge in [-0.25, -0.2) is 0 Å². The topological polar surface area (TPSA) is 64.8 Å². The van der Waals surface area contributed by atoms with Crippen molar-refractivity contribution in [2.75, 3.05) is 24.5 Å². The number of nitrogen functional groups attached to an aromatic ring is 1. The zero-order chi connectivity index (χ0) is 15.5. The lowest BCUT2D eigenvalue weighted by Gasteiger charge is -2.33. The number of methoxy groups -OCH3 is 1. The molecule has 0 aliphatic carbocycles. The summed E-state index contributed by atoms with van der Waals surface area (Å²) in [7, 11) is 1.57. The van der Waals surface area contributed by atoms with Gasteiger partial charge < -0.3 is 15.2 Å². The van der Waals surface area contributed by atoms with E-state index in [-0.39, 0.29) is 12.6 Å². The molecule has 2 aromatic carbocycles. The second kappa shape index (κ2) is 6.07. The Bertz CT molecular complexity index is 687. The maximum atomic E-state index is 12.7. The predicted molar refractivity (Wildman–Crippen MR) is 84.8 cm³/mol. The summed E-state index contributed by atoms with van der Waals surface area (Å²) in [6.07, 6.45) is -0.106. The van der Waals surface area contributed by atoms with Crippen molar-refractivity contribution in [2.45, 2.75) is 12.5 Å². The van der Waals surface area contributed by atoms with Crippen LogP contribution in [0.3, 0.4) is 0 Å². The fraction of sp³-hybridized carbons (Fsp3) is 0.235. The van der Waals surface area contributed by atoms with Gasteiger partial charge in [0.25, 0.3) is 5.91 Å². The van der Waals surface area contributed by atoms with Crippen LogP contribution >= 0.6 is 0 Å². The van der Waals surface area contributed by atoms with E-state index >= 15 is 0 Å². The maximum absolute atomic E-state index is 12.7. The van der Waals surface area contributed by atoms with Crippen molar-refractivity contribution in [2.24, 2.45) is 0 Å². The first-order valence-electron chi connectivity index (χ1n) is 7.09. The van der Waals surface area contributed by atoms with Crippen LogP contribution in [0.5, 0.6) is 5.75 Å². The van der Waals surface area contributed by atoms with Gasteiger partial charge in [0.05, 0.1) is 5.69 Å². The van der Waals surface area contributed by atoms with Crippen molar-refractivity contribution in [3.8, 4) is 5.75 Å². The molecule has 22 heavy (non-hydrogen) atoms. The maximum Gasteiger partial charge on any atom is 0.270 e. The number of nitrogens with two attached hydrogens (primary N) is 1. The van der Waals surface area contributed by atoms with Crippen molar-refractivity contribution >= 4 is 17.3 Å². The van der Waals surface area contributed by atoms with Crippen LogP contribution in [0.4, 0.5) is 11.4 Å². The molecular formula is C17H18N2O3. The van der Waals surface area contributed by atoms with Crippen molar-refractivity contribution < 1.29 is 14.3 Å². The minimum absolute atomic E-state index is 0.108. The van der Waals surface area contributed by atoms with Gasteiger partial charge in [-0.05, 0) is 29.8 Å². The lowest BCUT2D eigenvalue weighted by atomic mass is 10.0. The zero-order valence-electron chi connectivity index (χ0n) is 12.4. The average molecular weight is 298 g/mol. The third-order valence-electron chi connectivity index (χ3n) is 3.60. The van der Waals surface area contributed by atoms with Gasteiger partial charge in [0.1, 0.15) is 12.5 Å². The summed E-state index contributed by atoms with van der Waals surface area (Å²) in [5, 5.41) is 0. The minimum Gasteiger partial charge on any atom is -0.478 e. The van der Waals surface area contributed by atoms with Crippen LogP contribution in [0.25, 0.3) is 0 Å². The monoisotopic (exact) mass is 298 g/mol. The van der Waals surface area contributed by atoms with Crippen LogP contribution in [0.2, 0.25) is 0 Å². The van der Waals surface area contributed by atoms with Crippen molar-refractivity contribution in [3.63, 3.8) is 0 Å². The van der Waals surface area contributed by atoms with Crippen LogP contribution in [0.1, 0.15) is 5.56 Å². The van der Waals surface area contributed by atoms with E-state index in [1.54, 1.807) is 12.0 Å². The van der Waals surface area contributed by atoms with Gasteiger partial charge >= 0.3 is 0 Å². The van der Waals surface area contributed by atoms with E-state index in [0.29, 0.717) is 17.9 Å². The molecule has 1 amide bonds. The lowest BCUT2D eigenvalue weighted by molar-refractivity contribution is -0.127. The van der Waals surface area contributed by atoms with E-state index in [1.165, 1.54) is 0 Å². The normalized spacial score (nSPS) is 17.0. The summed E-state index contributed by atoms with van der Waals surface area (Å²) in [6, 6.07) is 15.0. The van der Waals surface area contributed by atoms with Gasteiger partial charge in [-0.15, -0.1) is 0 Å². The third-order valence-corrected chi connectivity index (χ3v) is 3.60. The molecule has 2 N–H and O–H groups in total. The number of nitrogens with zero attached hydrogens (tertiary/aromatic N) is 1. The summed E-state index contributed by atoms with van der Waals surface area (Å²) < 4.78 is 11.0. The molecule has 1 aliphatic rings. The molecule has 0 aromatic heterocycles. The zero-order valence-corrected chi connectivity index (χ0v) is 12.4. The Kier molecular flexibility index (Phi) is 3.98. The molecule has 0 fully saturated rings. The summed E-state index contributed by atoms with van der Waals surface area (Å²) in [5.74, 6) is 0.580. The quantitative estimate of drug-likeness (QED) is 0.879. The Hall–Kier alpha value is -2.53. The molecule has 0 bridgehead atoms. The smallest absolute Gasteiger partial charge is 0.270 e.